The molecule has 0 rings (SSSR count). The van der Waals surface area contributed by atoms with Crippen molar-refractivity contribution in [2.45, 2.75) is 53.4 Å². The van der Waals surface area contributed by atoms with Crippen LogP contribution >= 0.6 is 23.5 Å². The largest absolute Gasteiger partial charge is 0.520 e. The smallest absolute Gasteiger partial charge is 0.174 e. The quantitative estimate of drug-likeness (QED) is 0.138. The van der Waals surface area contributed by atoms with Gasteiger partial charge in [0.05, 0.1) is 0 Å². The fourth-order valence-corrected chi connectivity index (χ4v) is 1.43. The van der Waals surface area contributed by atoms with E-state index in [2.05, 4.69) is 73.2 Å². The monoisotopic (exact) mass is 486 g/mol. The van der Waals surface area contributed by atoms with Gasteiger partial charge in [0.15, 0.2) is 33.1 Å². The van der Waals surface area contributed by atoms with Crippen molar-refractivity contribution in [3.63, 3.8) is 0 Å². The van der Waals surface area contributed by atoms with Gasteiger partial charge >= 0.3 is 0 Å². The van der Waals surface area contributed by atoms with Crippen molar-refractivity contribution in [1.29, 1.82) is 0 Å². The van der Waals surface area contributed by atoms with Crippen LogP contribution < -0.4 is 0 Å². The van der Waals surface area contributed by atoms with Gasteiger partial charge in [-0.1, -0.05) is 51.2 Å². The van der Waals surface area contributed by atoms with Crippen molar-refractivity contribution in [1.82, 2.24) is 0 Å². The third-order valence-electron chi connectivity index (χ3n) is 2.55. The van der Waals surface area contributed by atoms with Gasteiger partial charge in [-0.05, 0) is 49.6 Å². The minimum atomic E-state index is 0. The Kier molecular flexibility index (Phi) is 25.2. The van der Waals surface area contributed by atoms with Crippen LogP contribution in [0, 0.1) is 0 Å². The van der Waals surface area contributed by atoms with Crippen molar-refractivity contribution >= 4 is 68.0 Å². The number of rotatable bonds is 6. The van der Waals surface area contributed by atoms with Gasteiger partial charge in [0.25, 0.3) is 0 Å². The zero-order valence-corrected chi connectivity index (χ0v) is 19.6. The van der Waals surface area contributed by atoms with E-state index < -0.39 is 0 Å². The van der Waals surface area contributed by atoms with Crippen LogP contribution in [0.5, 0.6) is 0 Å². The second-order valence-corrected chi connectivity index (χ2v) is 6.96. The predicted molar refractivity (Wildman–Crippen MR) is 117 cm³/mol. The van der Waals surface area contributed by atoms with E-state index in [1.54, 1.807) is 0 Å². The van der Waals surface area contributed by atoms with E-state index in [0.717, 1.165) is 37.1 Å². The first-order valence-electron chi connectivity index (χ1n) is 7.21. The molecule has 0 aliphatic heterocycles. The molecule has 23 heavy (non-hydrogen) atoms. The maximum absolute atomic E-state index is 4.09. The molecule has 0 unspecified atom stereocenters. The first-order valence-corrected chi connectivity index (χ1v) is 10.6. The molecule has 138 valence electrons. The van der Waals surface area contributed by atoms with E-state index in [0.29, 0.717) is 8.64 Å². The summed E-state index contributed by atoms with van der Waals surface area (Å²) in [6.07, 6.45) is 7.73. The van der Waals surface area contributed by atoms with Gasteiger partial charge < -0.3 is 21.1 Å². The molecule has 0 amide bonds. The summed E-state index contributed by atoms with van der Waals surface area (Å²) in [5, 5.41) is 8.08. The molecule has 0 atom stereocenters. The molecule has 4 nitrogen and oxygen atoms in total. The second kappa shape index (κ2) is 20.5. The number of hydrogen-bond acceptors (Lipinski definition) is 4. The molecule has 0 bridgehead atoms. The van der Waals surface area contributed by atoms with Crippen LogP contribution in [0.25, 0.3) is 10.9 Å². The first kappa shape index (κ1) is 28.3. The Labute approximate surface area is 174 Å². The van der Waals surface area contributed by atoms with E-state index >= 15 is 0 Å². The summed E-state index contributed by atoms with van der Waals surface area (Å²) < 4.78 is 1.42. The summed E-state index contributed by atoms with van der Waals surface area (Å²) >= 11 is 11.2. The fourth-order valence-electron chi connectivity index (χ4n) is 1.09. The minimum absolute atomic E-state index is 0. The fraction of sp³-hybridized carbons (Fsp3) is 0.714. The zero-order valence-electron chi connectivity index (χ0n) is 14.6. The van der Waals surface area contributed by atoms with Crippen LogP contribution in [0.15, 0.2) is 10.2 Å². The summed E-state index contributed by atoms with van der Waals surface area (Å²) in [6.45, 7) is 8.31. The van der Waals surface area contributed by atoms with Gasteiger partial charge in [-0.2, -0.15) is 0 Å². The molecular formula is C14H28N4PdS4. The molecule has 0 aromatic carbocycles. The average Bonchev–Trinajstić information content (AvgIpc) is 2.56. The minimum Gasteiger partial charge on any atom is -0.520 e. The van der Waals surface area contributed by atoms with Gasteiger partial charge in [-0.25, -0.2) is 0 Å². The second-order valence-electron chi connectivity index (χ2n) is 3.92. The Bertz CT molecular complexity index is 339. The Morgan fingerprint density at radius 3 is 1.17 bits per heavy atom. The number of nitrogens with zero attached hydrogens (tertiary/aromatic N) is 4. The summed E-state index contributed by atoms with van der Waals surface area (Å²) in [5.41, 5.74) is 10.1. The van der Waals surface area contributed by atoms with E-state index in [9.17, 15) is 0 Å². The summed E-state index contributed by atoms with van der Waals surface area (Å²) in [6, 6.07) is 0. The molecule has 9 heteroatoms. The zero-order chi connectivity index (χ0) is 17.4. The molecule has 0 spiro atoms. The molecule has 0 aliphatic carbocycles. The molecule has 0 aromatic heterocycles. The maximum atomic E-state index is 4.09. The third-order valence-corrected chi connectivity index (χ3v) is 4.72. The van der Waals surface area contributed by atoms with Crippen LogP contribution in [-0.4, -0.2) is 32.6 Å². The van der Waals surface area contributed by atoms with Crippen LogP contribution in [0.2, 0.25) is 0 Å². The van der Waals surface area contributed by atoms with E-state index in [4.69, 9.17) is 0 Å². The molecule has 0 radical (unpaired) electrons. The molecule has 0 aromatic rings. The maximum Gasteiger partial charge on any atom is 0.174 e. The van der Waals surface area contributed by atoms with E-state index in [-0.39, 0.29) is 20.4 Å². The standard InChI is InChI=1S/2C7H14N2S2.Pd/c2*1-4-6(5-2)8-9-7(10)11-3;/h2*4-5H2,1-3H3,(H,9,10);. The molecule has 0 N–H and O–H groups in total. The molecule has 0 aliphatic rings. The summed E-state index contributed by atoms with van der Waals surface area (Å²) in [5.74, 6) is 0. The molecular weight excluding hydrogens is 459 g/mol. The third kappa shape index (κ3) is 18.7. The van der Waals surface area contributed by atoms with E-state index in [1.165, 1.54) is 23.5 Å². The Balaban J connectivity index is -0.000000333. The van der Waals surface area contributed by atoms with Crippen molar-refractivity contribution in [3.05, 3.63) is 10.9 Å². The van der Waals surface area contributed by atoms with Gasteiger partial charge in [0.2, 0.25) is 0 Å². The van der Waals surface area contributed by atoms with Crippen molar-refractivity contribution in [3.8, 4) is 0 Å². The molecule has 0 fully saturated rings. The molecule has 0 saturated heterocycles. The first-order chi connectivity index (χ1) is 10.5. The van der Waals surface area contributed by atoms with Crippen LogP contribution in [0.3, 0.4) is 0 Å². The van der Waals surface area contributed by atoms with Crippen LogP contribution in [0.4, 0.5) is 0 Å². The van der Waals surface area contributed by atoms with Gasteiger partial charge in [-0.15, -0.1) is 0 Å². The number of thiol groups is 2. The van der Waals surface area contributed by atoms with Crippen LogP contribution in [-0.2, 0) is 44.9 Å². The number of thioether (sulfide) groups is 2. The number of hydrogen-bond donors (Lipinski definition) is 0. The van der Waals surface area contributed by atoms with Gasteiger partial charge in [-0.3, -0.25) is 0 Å². The topological polar surface area (TPSA) is 52.9 Å². The summed E-state index contributed by atoms with van der Waals surface area (Å²) in [7, 11) is 0. The summed E-state index contributed by atoms with van der Waals surface area (Å²) in [4.78, 5) is 0. The predicted octanol–water partition coefficient (Wildman–Crippen LogP) is 4.53. The van der Waals surface area contributed by atoms with Crippen LogP contribution in [0.1, 0.15) is 53.4 Å². The van der Waals surface area contributed by atoms with Crippen molar-refractivity contribution < 1.29 is 20.4 Å². The average molecular weight is 487 g/mol. The SMILES string of the molecule is CCC(CC)=N[N-]C(=[SH+])SC.CCC(CC)=N[N-]C(=[SH+])SC.[Pd]. The Morgan fingerprint density at radius 2 is 1.00 bits per heavy atom. The van der Waals surface area contributed by atoms with Crippen molar-refractivity contribution in [2.24, 2.45) is 10.2 Å². The van der Waals surface area contributed by atoms with Gasteiger partial charge in [0.1, 0.15) is 0 Å². The Hall–Kier alpha value is 0.482. The normalized spacial score (nSPS) is 8.61. The molecule has 0 heterocycles. The van der Waals surface area contributed by atoms with Crippen molar-refractivity contribution in [2.75, 3.05) is 12.5 Å². The van der Waals surface area contributed by atoms with E-state index in [1.807, 2.05) is 12.5 Å². The molecule has 0 saturated carbocycles. The Morgan fingerprint density at radius 1 is 0.739 bits per heavy atom. The van der Waals surface area contributed by atoms with Gasteiger partial charge in [0, 0.05) is 20.4 Å².